The van der Waals surface area contributed by atoms with E-state index in [1.54, 1.807) is 30.3 Å². The summed E-state index contributed by atoms with van der Waals surface area (Å²) < 4.78 is 24.9. The Labute approximate surface area is 186 Å². The zero-order valence-electron chi connectivity index (χ0n) is 17.2. The second kappa shape index (κ2) is 9.40. The fraction of sp³-hybridized carbons (Fsp3) is 0.240. The largest absolute Gasteiger partial charge is 0.493 e. The number of hydrogen-bond acceptors (Lipinski definition) is 3. The zero-order chi connectivity index (χ0) is 21.8. The van der Waals surface area contributed by atoms with Crippen LogP contribution < -0.4 is 14.8 Å². The Hall–Kier alpha value is -3.05. The predicted octanol–water partition coefficient (Wildman–Crippen LogP) is 6.13. The van der Waals surface area contributed by atoms with E-state index in [0.29, 0.717) is 47.6 Å². The first-order chi connectivity index (χ1) is 15.0. The van der Waals surface area contributed by atoms with Gasteiger partial charge in [0, 0.05) is 18.2 Å². The Morgan fingerprint density at radius 2 is 2.00 bits per heavy atom. The van der Waals surface area contributed by atoms with Crippen LogP contribution in [0.25, 0.3) is 0 Å². The summed E-state index contributed by atoms with van der Waals surface area (Å²) in [4.78, 5) is 12.4. The van der Waals surface area contributed by atoms with Gasteiger partial charge in [0.2, 0.25) is 0 Å². The van der Waals surface area contributed by atoms with E-state index in [0.717, 1.165) is 23.3 Å². The number of benzene rings is 3. The Bertz CT molecular complexity index is 1080. The molecule has 1 N–H and O–H groups in total. The van der Waals surface area contributed by atoms with Crippen LogP contribution in [-0.4, -0.2) is 19.1 Å². The molecule has 1 unspecified atom stereocenters. The van der Waals surface area contributed by atoms with E-state index >= 15 is 0 Å². The van der Waals surface area contributed by atoms with E-state index in [1.807, 2.05) is 18.2 Å². The van der Waals surface area contributed by atoms with Crippen LogP contribution in [-0.2, 0) is 6.42 Å². The molecule has 160 valence electrons. The molecule has 1 amide bonds. The van der Waals surface area contributed by atoms with Crippen LogP contribution >= 0.6 is 11.6 Å². The summed E-state index contributed by atoms with van der Waals surface area (Å²) >= 11 is 6.41. The van der Waals surface area contributed by atoms with Gasteiger partial charge >= 0.3 is 0 Å². The van der Waals surface area contributed by atoms with E-state index < -0.39 is 0 Å². The Kier molecular flexibility index (Phi) is 6.42. The summed E-state index contributed by atoms with van der Waals surface area (Å²) in [7, 11) is 0. The molecular weight excluding hydrogens is 417 g/mol. The molecule has 6 heteroatoms. The van der Waals surface area contributed by atoms with Crippen LogP contribution in [0.2, 0.25) is 5.02 Å². The second-order valence-corrected chi connectivity index (χ2v) is 8.03. The first kappa shape index (κ1) is 21.2. The first-order valence-corrected chi connectivity index (χ1v) is 10.6. The van der Waals surface area contributed by atoms with Crippen LogP contribution in [0.3, 0.4) is 0 Å². The summed E-state index contributed by atoms with van der Waals surface area (Å²) in [6, 6.07) is 16.9. The van der Waals surface area contributed by atoms with Crippen LogP contribution in [0.5, 0.6) is 17.2 Å². The van der Waals surface area contributed by atoms with Gasteiger partial charge in [0.25, 0.3) is 5.91 Å². The summed E-state index contributed by atoms with van der Waals surface area (Å²) in [6.45, 7) is 3.25. The van der Waals surface area contributed by atoms with E-state index in [4.69, 9.17) is 21.1 Å². The number of carbonyl (C=O) groups excluding carboxylic acids is 1. The summed E-state index contributed by atoms with van der Waals surface area (Å²) in [5.41, 5.74) is 2.44. The smallest absolute Gasteiger partial charge is 0.251 e. The molecule has 31 heavy (non-hydrogen) atoms. The highest BCUT2D eigenvalue weighted by Gasteiger charge is 2.20. The number of carbonyl (C=O) groups is 1. The average molecular weight is 440 g/mol. The van der Waals surface area contributed by atoms with Crippen LogP contribution in [0.4, 0.5) is 4.39 Å². The van der Waals surface area contributed by atoms with Crippen molar-refractivity contribution in [1.29, 1.82) is 0 Å². The molecule has 1 heterocycles. The molecule has 1 atom stereocenters. The van der Waals surface area contributed by atoms with Crippen molar-refractivity contribution in [3.05, 3.63) is 88.2 Å². The van der Waals surface area contributed by atoms with E-state index in [2.05, 4.69) is 12.2 Å². The Morgan fingerprint density at radius 1 is 1.19 bits per heavy atom. The van der Waals surface area contributed by atoms with Crippen molar-refractivity contribution >= 4 is 17.5 Å². The van der Waals surface area contributed by atoms with Gasteiger partial charge in [-0.3, -0.25) is 4.79 Å². The molecule has 0 radical (unpaired) electrons. The summed E-state index contributed by atoms with van der Waals surface area (Å²) in [5.74, 6) is 1.81. The van der Waals surface area contributed by atoms with Gasteiger partial charge in [-0.05, 0) is 72.4 Å². The predicted molar refractivity (Wildman–Crippen MR) is 119 cm³/mol. The summed E-state index contributed by atoms with van der Waals surface area (Å²) in [5, 5.41) is 3.37. The standard InChI is InChI=1S/C25H23ClFNO3/c1-16-10-12-30-23-15-24(22(26)14-21(16)23)31-20-7-5-18(6-8-20)25(29)28-11-9-17-3-2-4-19(27)13-17/h2-8,13-16H,9-12H2,1H3,(H,28,29). The number of nitrogens with one attached hydrogen (secondary N) is 1. The van der Waals surface area contributed by atoms with Gasteiger partial charge in [0.05, 0.1) is 11.6 Å². The molecule has 0 fully saturated rings. The highest BCUT2D eigenvalue weighted by atomic mass is 35.5. The maximum Gasteiger partial charge on any atom is 0.251 e. The van der Waals surface area contributed by atoms with Gasteiger partial charge in [-0.25, -0.2) is 4.39 Å². The minimum Gasteiger partial charge on any atom is -0.493 e. The third-order valence-corrected chi connectivity index (χ3v) is 5.63. The fourth-order valence-electron chi connectivity index (χ4n) is 3.56. The molecule has 4 nitrogen and oxygen atoms in total. The van der Waals surface area contributed by atoms with E-state index in [9.17, 15) is 9.18 Å². The molecule has 0 saturated heterocycles. The fourth-order valence-corrected chi connectivity index (χ4v) is 3.77. The molecule has 4 rings (SSSR count). The number of fused-ring (bicyclic) bond motifs is 1. The molecule has 1 aliphatic rings. The van der Waals surface area contributed by atoms with Gasteiger partial charge in [0.15, 0.2) is 0 Å². The van der Waals surface area contributed by atoms with Crippen LogP contribution in [0, 0.1) is 5.82 Å². The molecule has 0 aliphatic carbocycles. The number of amides is 1. The molecule has 1 aliphatic heterocycles. The van der Waals surface area contributed by atoms with Crippen molar-refractivity contribution in [1.82, 2.24) is 5.32 Å². The quantitative estimate of drug-likeness (QED) is 0.502. The highest BCUT2D eigenvalue weighted by molar-refractivity contribution is 6.32. The molecule has 0 spiro atoms. The molecule has 3 aromatic carbocycles. The van der Waals surface area contributed by atoms with Gasteiger partial charge in [-0.15, -0.1) is 0 Å². The Balaban J connectivity index is 1.36. The van der Waals surface area contributed by atoms with Gasteiger partial charge < -0.3 is 14.8 Å². The van der Waals surface area contributed by atoms with Crippen molar-refractivity contribution in [2.75, 3.05) is 13.2 Å². The van der Waals surface area contributed by atoms with Crippen molar-refractivity contribution < 1.29 is 18.7 Å². The number of hydrogen-bond donors (Lipinski definition) is 1. The number of halogens is 2. The monoisotopic (exact) mass is 439 g/mol. The lowest BCUT2D eigenvalue weighted by Gasteiger charge is -2.24. The third-order valence-electron chi connectivity index (χ3n) is 5.34. The van der Waals surface area contributed by atoms with Crippen molar-refractivity contribution in [3.63, 3.8) is 0 Å². The molecule has 3 aromatic rings. The van der Waals surface area contributed by atoms with Gasteiger partial charge in [0.1, 0.15) is 23.1 Å². The second-order valence-electron chi connectivity index (χ2n) is 7.62. The third kappa shape index (κ3) is 5.17. The first-order valence-electron chi connectivity index (χ1n) is 10.3. The molecule has 0 saturated carbocycles. The van der Waals surface area contributed by atoms with Crippen molar-refractivity contribution in [3.8, 4) is 17.2 Å². The number of rotatable bonds is 6. The Morgan fingerprint density at radius 3 is 2.77 bits per heavy atom. The van der Waals surface area contributed by atoms with E-state index in [-0.39, 0.29) is 11.7 Å². The highest BCUT2D eigenvalue weighted by Crippen LogP contribution is 2.41. The SMILES string of the molecule is CC1CCOc2cc(Oc3ccc(C(=O)NCCc4cccc(F)c4)cc3)c(Cl)cc21. The van der Waals surface area contributed by atoms with E-state index in [1.165, 1.54) is 12.1 Å². The van der Waals surface area contributed by atoms with Gasteiger partial charge in [-0.1, -0.05) is 30.7 Å². The van der Waals surface area contributed by atoms with Crippen LogP contribution in [0.15, 0.2) is 60.7 Å². The molecule has 0 bridgehead atoms. The summed E-state index contributed by atoms with van der Waals surface area (Å²) in [6.07, 6.45) is 1.53. The lowest BCUT2D eigenvalue weighted by molar-refractivity contribution is 0.0954. The minimum absolute atomic E-state index is 0.197. The minimum atomic E-state index is -0.278. The zero-order valence-corrected chi connectivity index (χ0v) is 17.9. The van der Waals surface area contributed by atoms with Crippen LogP contribution in [0.1, 0.15) is 40.7 Å². The lowest BCUT2D eigenvalue weighted by atomic mass is 9.95. The average Bonchev–Trinajstić information content (AvgIpc) is 2.75. The topological polar surface area (TPSA) is 47.6 Å². The van der Waals surface area contributed by atoms with Crippen molar-refractivity contribution in [2.45, 2.75) is 25.7 Å². The molecule has 0 aromatic heterocycles. The maximum atomic E-state index is 13.2. The lowest BCUT2D eigenvalue weighted by Crippen LogP contribution is -2.25. The number of ether oxygens (including phenoxy) is 2. The normalized spacial score (nSPS) is 15.0. The van der Waals surface area contributed by atoms with Gasteiger partial charge in [-0.2, -0.15) is 0 Å². The molecular formula is C25H23ClFNO3. The van der Waals surface area contributed by atoms with Crippen molar-refractivity contribution in [2.24, 2.45) is 0 Å². The maximum absolute atomic E-state index is 13.2.